The van der Waals surface area contributed by atoms with Crippen LogP contribution in [0.5, 0.6) is 0 Å². The minimum atomic E-state index is 0.0117. The van der Waals surface area contributed by atoms with E-state index in [2.05, 4.69) is 21.2 Å². The molecule has 1 amide bonds. The molecule has 0 radical (unpaired) electrons. The zero-order valence-electron chi connectivity index (χ0n) is 10.9. The maximum Gasteiger partial charge on any atom is 0.246 e. The van der Waals surface area contributed by atoms with E-state index in [1.54, 1.807) is 0 Å². The molecule has 0 aliphatic heterocycles. The molecular weight excluding hydrogens is 282 g/mol. The Morgan fingerprint density at radius 3 is 2.59 bits per heavy atom. The van der Waals surface area contributed by atoms with Crippen LogP contribution in [-0.2, 0) is 9.53 Å². The van der Waals surface area contributed by atoms with Crippen molar-refractivity contribution in [3.63, 3.8) is 0 Å². The lowest BCUT2D eigenvalue weighted by molar-refractivity contribution is -0.127. The summed E-state index contributed by atoms with van der Waals surface area (Å²) in [4.78, 5) is 11.5. The van der Waals surface area contributed by atoms with Gasteiger partial charge in [-0.05, 0) is 38.5 Å². The molecule has 1 saturated carbocycles. The Morgan fingerprint density at radius 1 is 1.35 bits per heavy atom. The molecule has 0 heterocycles. The van der Waals surface area contributed by atoms with Gasteiger partial charge in [0.15, 0.2) is 0 Å². The Hall–Kier alpha value is -0.0900. The van der Waals surface area contributed by atoms with E-state index < -0.39 is 0 Å². The summed E-state index contributed by atoms with van der Waals surface area (Å²) in [7, 11) is 0. The molecule has 1 N–H and O–H groups in total. The molecule has 2 unspecified atom stereocenters. The van der Waals surface area contributed by atoms with Gasteiger partial charge in [-0.25, -0.2) is 0 Å². The molecule has 100 valence electrons. The Kier molecular flexibility index (Phi) is 7.12. The van der Waals surface area contributed by atoms with Crippen molar-refractivity contribution >= 4 is 21.8 Å². The lowest BCUT2D eigenvalue weighted by Gasteiger charge is -2.30. The van der Waals surface area contributed by atoms with E-state index in [0.29, 0.717) is 5.92 Å². The molecule has 17 heavy (non-hydrogen) atoms. The van der Waals surface area contributed by atoms with Gasteiger partial charge >= 0.3 is 0 Å². The Labute approximate surface area is 113 Å². The van der Waals surface area contributed by atoms with Gasteiger partial charge in [0, 0.05) is 11.9 Å². The normalized spacial score (nSPS) is 24.9. The van der Waals surface area contributed by atoms with Crippen LogP contribution < -0.4 is 5.32 Å². The predicted octanol–water partition coefficient (Wildman–Crippen LogP) is 2.73. The quantitative estimate of drug-likeness (QED) is 0.766. The Bertz CT molecular complexity index is 233. The van der Waals surface area contributed by atoms with Crippen LogP contribution in [0.25, 0.3) is 0 Å². The third-order valence-corrected chi connectivity index (χ3v) is 4.21. The molecular formula is C13H24BrNO2. The van der Waals surface area contributed by atoms with Crippen molar-refractivity contribution in [1.82, 2.24) is 5.32 Å². The van der Waals surface area contributed by atoms with Crippen LogP contribution in [0.1, 0.15) is 39.5 Å². The van der Waals surface area contributed by atoms with E-state index in [1.807, 2.05) is 13.8 Å². The fourth-order valence-corrected chi connectivity index (χ4v) is 3.15. The topological polar surface area (TPSA) is 38.3 Å². The minimum Gasteiger partial charge on any atom is -0.369 e. The Balaban J connectivity index is 2.21. The summed E-state index contributed by atoms with van der Waals surface area (Å²) in [6, 6.07) is 0. The number of rotatable bonds is 6. The van der Waals surface area contributed by atoms with E-state index in [1.165, 1.54) is 25.7 Å². The van der Waals surface area contributed by atoms with Gasteiger partial charge in [-0.1, -0.05) is 28.8 Å². The molecule has 0 aromatic heterocycles. The third kappa shape index (κ3) is 5.87. The van der Waals surface area contributed by atoms with Crippen molar-refractivity contribution in [2.24, 2.45) is 11.8 Å². The number of amides is 1. The van der Waals surface area contributed by atoms with Crippen LogP contribution >= 0.6 is 15.9 Å². The highest BCUT2D eigenvalue weighted by Crippen LogP contribution is 2.30. The molecule has 1 aliphatic rings. The van der Waals surface area contributed by atoms with E-state index in [9.17, 15) is 4.79 Å². The molecule has 0 bridgehead atoms. The first-order chi connectivity index (χ1) is 8.13. The first kappa shape index (κ1) is 15.0. The lowest BCUT2D eigenvalue weighted by Crippen LogP contribution is -2.36. The molecule has 1 rings (SSSR count). The number of halogens is 1. The molecule has 0 aromatic rings. The molecule has 0 aromatic carbocycles. The number of alkyl halides is 1. The summed E-state index contributed by atoms with van der Waals surface area (Å²) in [5, 5.41) is 4.04. The number of carbonyl (C=O) groups is 1. The number of carbonyl (C=O) groups excluding carboxylic acids is 1. The fraction of sp³-hybridized carbons (Fsp3) is 0.923. The molecule has 3 nitrogen and oxygen atoms in total. The van der Waals surface area contributed by atoms with Crippen molar-refractivity contribution in [3.8, 4) is 0 Å². The summed E-state index contributed by atoms with van der Waals surface area (Å²) in [5.74, 6) is 1.36. The van der Waals surface area contributed by atoms with Gasteiger partial charge < -0.3 is 10.1 Å². The molecule has 1 fully saturated rings. The lowest BCUT2D eigenvalue weighted by atomic mass is 9.80. The molecule has 2 atom stereocenters. The monoisotopic (exact) mass is 305 g/mol. The summed E-state index contributed by atoms with van der Waals surface area (Å²) in [6.45, 7) is 4.87. The van der Waals surface area contributed by atoms with E-state index >= 15 is 0 Å². The maximum absolute atomic E-state index is 11.5. The molecule has 4 heteroatoms. The van der Waals surface area contributed by atoms with Gasteiger partial charge in [0.05, 0.1) is 6.10 Å². The van der Waals surface area contributed by atoms with Gasteiger partial charge in [-0.2, -0.15) is 0 Å². The fourth-order valence-electron chi connectivity index (χ4n) is 2.29. The number of hydrogen-bond donors (Lipinski definition) is 1. The third-order valence-electron chi connectivity index (χ3n) is 3.37. The average Bonchev–Trinajstić information content (AvgIpc) is 2.34. The van der Waals surface area contributed by atoms with E-state index in [4.69, 9.17) is 4.74 Å². The standard InChI is InChI=1S/C13H24BrNO2/c1-10(2)17-9-13(16)15-8-12-6-4-3-5-11(12)7-14/h10-12H,3-9H2,1-2H3,(H,15,16). The van der Waals surface area contributed by atoms with Gasteiger partial charge in [-0.3, -0.25) is 4.79 Å². The van der Waals surface area contributed by atoms with Gasteiger partial charge in [0.2, 0.25) is 5.91 Å². The second-order valence-corrected chi connectivity index (χ2v) is 5.77. The maximum atomic E-state index is 11.5. The SMILES string of the molecule is CC(C)OCC(=O)NCC1CCCCC1CBr. The number of ether oxygens (including phenoxy) is 1. The number of hydrogen-bond acceptors (Lipinski definition) is 2. The highest BCUT2D eigenvalue weighted by Gasteiger charge is 2.24. The molecule has 0 spiro atoms. The second kappa shape index (κ2) is 8.09. The van der Waals surface area contributed by atoms with E-state index in [-0.39, 0.29) is 18.6 Å². The van der Waals surface area contributed by atoms with Gasteiger partial charge in [0.25, 0.3) is 0 Å². The first-order valence-corrected chi connectivity index (χ1v) is 7.70. The first-order valence-electron chi connectivity index (χ1n) is 6.57. The average molecular weight is 306 g/mol. The van der Waals surface area contributed by atoms with Crippen LogP contribution in [0.4, 0.5) is 0 Å². The zero-order valence-corrected chi connectivity index (χ0v) is 12.5. The summed E-state index contributed by atoms with van der Waals surface area (Å²) in [5.41, 5.74) is 0. The van der Waals surface area contributed by atoms with Crippen molar-refractivity contribution in [1.29, 1.82) is 0 Å². The van der Waals surface area contributed by atoms with Crippen LogP contribution in [0.3, 0.4) is 0 Å². The van der Waals surface area contributed by atoms with Gasteiger partial charge in [-0.15, -0.1) is 0 Å². The summed E-state index contributed by atoms with van der Waals surface area (Å²) < 4.78 is 5.28. The van der Waals surface area contributed by atoms with Gasteiger partial charge in [0.1, 0.15) is 6.61 Å². The van der Waals surface area contributed by atoms with Crippen LogP contribution in [0.2, 0.25) is 0 Å². The summed E-state index contributed by atoms with van der Waals surface area (Å²) in [6.07, 6.45) is 5.27. The zero-order chi connectivity index (χ0) is 12.7. The highest BCUT2D eigenvalue weighted by molar-refractivity contribution is 9.09. The van der Waals surface area contributed by atoms with Crippen LogP contribution in [-0.4, -0.2) is 30.5 Å². The molecule has 1 aliphatic carbocycles. The molecule has 0 saturated heterocycles. The number of nitrogens with one attached hydrogen (secondary N) is 1. The Morgan fingerprint density at radius 2 is 2.00 bits per heavy atom. The smallest absolute Gasteiger partial charge is 0.246 e. The van der Waals surface area contributed by atoms with E-state index in [0.717, 1.165) is 17.8 Å². The van der Waals surface area contributed by atoms with Crippen molar-refractivity contribution in [2.45, 2.75) is 45.6 Å². The minimum absolute atomic E-state index is 0.0117. The van der Waals surface area contributed by atoms with Crippen molar-refractivity contribution in [3.05, 3.63) is 0 Å². The second-order valence-electron chi connectivity index (χ2n) is 5.12. The van der Waals surface area contributed by atoms with Crippen molar-refractivity contribution in [2.75, 3.05) is 18.5 Å². The van der Waals surface area contributed by atoms with Crippen LogP contribution in [0.15, 0.2) is 0 Å². The van der Waals surface area contributed by atoms with Crippen molar-refractivity contribution < 1.29 is 9.53 Å². The summed E-state index contributed by atoms with van der Waals surface area (Å²) >= 11 is 3.57. The highest BCUT2D eigenvalue weighted by atomic mass is 79.9. The van der Waals surface area contributed by atoms with Crippen LogP contribution in [0, 0.1) is 11.8 Å². The predicted molar refractivity (Wildman–Crippen MR) is 73.3 cm³/mol. The largest absolute Gasteiger partial charge is 0.369 e.